The Kier molecular flexibility index (Phi) is 4.00. The molecule has 0 aliphatic heterocycles. The molecule has 1 rings (SSSR count). The van der Waals surface area contributed by atoms with Crippen LogP contribution in [0, 0.1) is 13.8 Å². The average molecular weight is 228 g/mol. The van der Waals surface area contributed by atoms with E-state index in [1.165, 1.54) is 0 Å². The van der Waals surface area contributed by atoms with E-state index in [4.69, 9.17) is 22.1 Å². The maximum Gasteiger partial charge on any atom is 0.122 e. The zero-order valence-corrected chi connectivity index (χ0v) is 10.5. The van der Waals surface area contributed by atoms with Crippen LogP contribution in [0.4, 0.5) is 0 Å². The summed E-state index contributed by atoms with van der Waals surface area (Å²) in [7, 11) is 1.67. The van der Waals surface area contributed by atoms with Crippen LogP contribution in [0.3, 0.4) is 0 Å². The topological polar surface area (TPSA) is 35.2 Å². The van der Waals surface area contributed by atoms with E-state index in [9.17, 15) is 0 Å². The van der Waals surface area contributed by atoms with Gasteiger partial charge in [-0.3, -0.25) is 0 Å². The Morgan fingerprint density at radius 3 is 2.53 bits per heavy atom. The van der Waals surface area contributed by atoms with Crippen molar-refractivity contribution in [1.82, 2.24) is 0 Å². The molecule has 0 aliphatic carbocycles. The fourth-order valence-corrected chi connectivity index (χ4v) is 1.89. The van der Waals surface area contributed by atoms with Crippen LogP contribution in [-0.4, -0.2) is 13.2 Å². The lowest BCUT2D eigenvalue weighted by molar-refractivity contribution is 0.407. The molecule has 2 N–H and O–H groups in total. The third-order valence-corrected chi connectivity index (χ3v) is 3.10. The number of rotatable bonds is 3. The number of halogens is 1. The standard InChI is InChI=1S/C12H18ClNO/c1-7-5-11(15-4)10(6-8(2)14)9(3)12(7)13/h5,8H,6,14H2,1-4H3. The molecule has 0 bridgehead atoms. The first-order chi connectivity index (χ1) is 6.97. The Hall–Kier alpha value is -0.730. The van der Waals surface area contributed by atoms with E-state index in [-0.39, 0.29) is 6.04 Å². The molecule has 0 fully saturated rings. The second-order valence-electron chi connectivity index (χ2n) is 3.99. The molecule has 0 radical (unpaired) electrons. The van der Waals surface area contributed by atoms with Gasteiger partial charge in [-0.15, -0.1) is 0 Å². The highest BCUT2D eigenvalue weighted by atomic mass is 35.5. The summed E-state index contributed by atoms with van der Waals surface area (Å²) in [4.78, 5) is 0. The SMILES string of the molecule is COc1cc(C)c(Cl)c(C)c1CC(C)N. The Balaban J connectivity index is 3.27. The molecule has 84 valence electrons. The molecule has 3 heteroatoms. The summed E-state index contributed by atoms with van der Waals surface area (Å²) in [6, 6.07) is 2.07. The van der Waals surface area contributed by atoms with Crippen molar-refractivity contribution < 1.29 is 4.74 Å². The Morgan fingerprint density at radius 1 is 1.47 bits per heavy atom. The second-order valence-corrected chi connectivity index (χ2v) is 4.37. The number of aryl methyl sites for hydroxylation is 1. The van der Waals surface area contributed by atoms with Crippen molar-refractivity contribution >= 4 is 11.6 Å². The zero-order valence-electron chi connectivity index (χ0n) is 9.73. The van der Waals surface area contributed by atoms with Gasteiger partial charge in [0.2, 0.25) is 0 Å². The van der Waals surface area contributed by atoms with Crippen LogP contribution in [0.25, 0.3) is 0 Å². The van der Waals surface area contributed by atoms with Gasteiger partial charge >= 0.3 is 0 Å². The molecule has 1 unspecified atom stereocenters. The van der Waals surface area contributed by atoms with Gasteiger partial charge in [0.15, 0.2) is 0 Å². The van der Waals surface area contributed by atoms with Gasteiger partial charge in [0.1, 0.15) is 5.75 Å². The molecule has 15 heavy (non-hydrogen) atoms. The molecule has 0 saturated carbocycles. The van der Waals surface area contributed by atoms with Crippen molar-refractivity contribution in [3.8, 4) is 5.75 Å². The quantitative estimate of drug-likeness (QED) is 0.862. The van der Waals surface area contributed by atoms with E-state index in [0.717, 1.165) is 33.9 Å². The van der Waals surface area contributed by atoms with Gasteiger partial charge in [-0.1, -0.05) is 11.6 Å². The number of methoxy groups -OCH3 is 1. The molecule has 1 aromatic rings. The summed E-state index contributed by atoms with van der Waals surface area (Å²) in [5.41, 5.74) is 9.04. The lowest BCUT2D eigenvalue weighted by atomic mass is 9.98. The third kappa shape index (κ3) is 2.64. The van der Waals surface area contributed by atoms with Crippen molar-refractivity contribution in [1.29, 1.82) is 0 Å². The number of ether oxygens (including phenoxy) is 1. The first kappa shape index (κ1) is 12.3. The highest BCUT2D eigenvalue weighted by molar-refractivity contribution is 6.32. The van der Waals surface area contributed by atoms with E-state index in [2.05, 4.69) is 0 Å². The highest BCUT2D eigenvalue weighted by Gasteiger charge is 2.13. The normalized spacial score (nSPS) is 12.7. The molecule has 0 amide bonds. The van der Waals surface area contributed by atoms with E-state index in [1.807, 2.05) is 26.8 Å². The first-order valence-electron chi connectivity index (χ1n) is 5.05. The van der Waals surface area contributed by atoms with E-state index in [0.29, 0.717) is 0 Å². The van der Waals surface area contributed by atoms with Gasteiger partial charge < -0.3 is 10.5 Å². The maximum absolute atomic E-state index is 6.20. The van der Waals surface area contributed by atoms with Crippen molar-refractivity contribution in [2.45, 2.75) is 33.2 Å². The van der Waals surface area contributed by atoms with Crippen LogP contribution in [-0.2, 0) is 6.42 Å². The third-order valence-electron chi connectivity index (χ3n) is 2.52. The molecule has 1 atom stereocenters. The predicted octanol–water partition coefficient (Wildman–Crippen LogP) is 2.86. The van der Waals surface area contributed by atoms with Crippen molar-refractivity contribution in [2.24, 2.45) is 5.73 Å². The number of hydrogen-bond donors (Lipinski definition) is 1. The molecule has 0 aromatic heterocycles. The van der Waals surface area contributed by atoms with Gasteiger partial charge in [0, 0.05) is 16.6 Å². The van der Waals surface area contributed by atoms with Gasteiger partial charge in [0.05, 0.1) is 7.11 Å². The molecule has 1 aromatic carbocycles. The molecular weight excluding hydrogens is 210 g/mol. The summed E-state index contributed by atoms with van der Waals surface area (Å²) in [5, 5.41) is 0.812. The van der Waals surface area contributed by atoms with Gasteiger partial charge in [0.25, 0.3) is 0 Å². The van der Waals surface area contributed by atoms with Gasteiger partial charge in [-0.2, -0.15) is 0 Å². The molecule has 0 heterocycles. The van der Waals surface area contributed by atoms with Gasteiger partial charge in [-0.05, 0) is 44.4 Å². The minimum absolute atomic E-state index is 0.108. The van der Waals surface area contributed by atoms with Gasteiger partial charge in [-0.25, -0.2) is 0 Å². The largest absolute Gasteiger partial charge is 0.496 e. The number of hydrogen-bond acceptors (Lipinski definition) is 2. The maximum atomic E-state index is 6.20. The summed E-state index contributed by atoms with van der Waals surface area (Å²) in [5.74, 6) is 0.881. The molecule has 0 spiro atoms. The lowest BCUT2D eigenvalue weighted by Gasteiger charge is -2.16. The summed E-state index contributed by atoms with van der Waals surface area (Å²) in [6.45, 7) is 5.97. The van der Waals surface area contributed by atoms with Crippen LogP contribution in [0.15, 0.2) is 6.07 Å². The molecule has 0 saturated heterocycles. The Bertz CT molecular complexity index is 361. The molecular formula is C12H18ClNO. The molecule has 2 nitrogen and oxygen atoms in total. The fourth-order valence-electron chi connectivity index (χ4n) is 1.72. The minimum Gasteiger partial charge on any atom is -0.496 e. The predicted molar refractivity (Wildman–Crippen MR) is 64.8 cm³/mol. The molecule has 0 aliphatic rings. The first-order valence-corrected chi connectivity index (χ1v) is 5.43. The summed E-state index contributed by atoms with van der Waals surface area (Å²) < 4.78 is 5.35. The Labute approximate surface area is 96.4 Å². The lowest BCUT2D eigenvalue weighted by Crippen LogP contribution is -2.19. The van der Waals surface area contributed by atoms with E-state index in [1.54, 1.807) is 7.11 Å². The summed E-state index contributed by atoms with van der Waals surface area (Å²) in [6.07, 6.45) is 0.787. The average Bonchev–Trinajstić information content (AvgIpc) is 2.18. The zero-order chi connectivity index (χ0) is 11.6. The highest BCUT2D eigenvalue weighted by Crippen LogP contribution is 2.32. The fraction of sp³-hybridized carbons (Fsp3) is 0.500. The van der Waals surface area contributed by atoms with Crippen LogP contribution >= 0.6 is 11.6 Å². The van der Waals surface area contributed by atoms with Crippen LogP contribution in [0.1, 0.15) is 23.6 Å². The number of nitrogens with two attached hydrogens (primary N) is 1. The van der Waals surface area contributed by atoms with E-state index < -0.39 is 0 Å². The van der Waals surface area contributed by atoms with Crippen LogP contribution < -0.4 is 10.5 Å². The smallest absolute Gasteiger partial charge is 0.122 e. The number of benzene rings is 1. The second kappa shape index (κ2) is 4.86. The summed E-state index contributed by atoms with van der Waals surface area (Å²) >= 11 is 6.20. The van der Waals surface area contributed by atoms with Crippen molar-refractivity contribution in [2.75, 3.05) is 7.11 Å². The van der Waals surface area contributed by atoms with Crippen LogP contribution in [0.2, 0.25) is 5.02 Å². The van der Waals surface area contributed by atoms with Crippen LogP contribution in [0.5, 0.6) is 5.75 Å². The monoisotopic (exact) mass is 227 g/mol. The van der Waals surface area contributed by atoms with E-state index >= 15 is 0 Å². The van der Waals surface area contributed by atoms with Crippen molar-refractivity contribution in [3.05, 3.63) is 27.8 Å². The Morgan fingerprint density at radius 2 is 2.07 bits per heavy atom. The van der Waals surface area contributed by atoms with Crippen molar-refractivity contribution in [3.63, 3.8) is 0 Å². The minimum atomic E-state index is 0.108.